The Morgan fingerprint density at radius 2 is 2.19 bits per heavy atom. The van der Waals surface area contributed by atoms with Gasteiger partial charge in [-0.05, 0) is 25.0 Å². The first-order valence-electron chi connectivity index (χ1n) is 5.34. The van der Waals surface area contributed by atoms with Crippen LogP contribution in [0, 0.1) is 0 Å². The van der Waals surface area contributed by atoms with Gasteiger partial charge in [0.1, 0.15) is 5.03 Å². The summed E-state index contributed by atoms with van der Waals surface area (Å²) in [4.78, 5) is 4.36. The van der Waals surface area contributed by atoms with Crippen molar-refractivity contribution in [3.8, 4) is 5.88 Å². The van der Waals surface area contributed by atoms with E-state index in [9.17, 15) is 0 Å². The number of thioether (sulfide) groups is 1. The number of ether oxygens (including phenoxy) is 2. The second-order valence-electron chi connectivity index (χ2n) is 3.68. The molecule has 0 unspecified atom stereocenters. The van der Waals surface area contributed by atoms with Crippen molar-refractivity contribution < 1.29 is 9.47 Å². The minimum absolute atomic E-state index is 0.511. The molecular formula is C11H16N2O2S. The summed E-state index contributed by atoms with van der Waals surface area (Å²) in [7, 11) is 1.58. The topological polar surface area (TPSA) is 57.4 Å². The van der Waals surface area contributed by atoms with E-state index in [0.717, 1.165) is 31.1 Å². The van der Waals surface area contributed by atoms with E-state index < -0.39 is 0 Å². The first-order valence-corrected chi connectivity index (χ1v) is 6.22. The monoisotopic (exact) mass is 240 g/mol. The minimum atomic E-state index is 0.511. The van der Waals surface area contributed by atoms with E-state index in [-0.39, 0.29) is 0 Å². The summed E-state index contributed by atoms with van der Waals surface area (Å²) in [5.74, 6) is 0.511. The molecular weight excluding hydrogens is 224 g/mol. The third-order valence-corrected chi connectivity index (χ3v) is 3.79. The molecule has 5 heteroatoms. The average molecular weight is 240 g/mol. The highest BCUT2D eigenvalue weighted by Crippen LogP contribution is 2.31. The van der Waals surface area contributed by atoms with Crippen molar-refractivity contribution in [2.75, 3.05) is 26.1 Å². The van der Waals surface area contributed by atoms with E-state index in [0.29, 0.717) is 16.8 Å². The Labute approximate surface area is 99.5 Å². The maximum atomic E-state index is 5.72. The number of aromatic nitrogens is 1. The predicted octanol–water partition coefficient (Wildman–Crippen LogP) is 1.94. The van der Waals surface area contributed by atoms with Gasteiger partial charge in [0.2, 0.25) is 5.88 Å². The Bertz CT molecular complexity index is 354. The molecule has 1 aromatic rings. The van der Waals surface area contributed by atoms with E-state index in [1.807, 2.05) is 12.1 Å². The molecule has 0 aliphatic carbocycles. The second kappa shape index (κ2) is 5.41. The van der Waals surface area contributed by atoms with Crippen molar-refractivity contribution in [2.24, 2.45) is 0 Å². The zero-order valence-electron chi connectivity index (χ0n) is 9.31. The van der Waals surface area contributed by atoms with Gasteiger partial charge in [-0.2, -0.15) is 0 Å². The zero-order chi connectivity index (χ0) is 11.4. The molecule has 1 aliphatic heterocycles. The summed E-state index contributed by atoms with van der Waals surface area (Å²) in [6, 6.07) is 3.78. The predicted molar refractivity (Wildman–Crippen MR) is 64.9 cm³/mol. The second-order valence-corrected chi connectivity index (χ2v) is 5.00. The number of nitrogens with zero attached hydrogens (tertiary/aromatic N) is 1. The quantitative estimate of drug-likeness (QED) is 0.875. The van der Waals surface area contributed by atoms with E-state index in [2.05, 4.69) is 4.98 Å². The van der Waals surface area contributed by atoms with Crippen LogP contribution in [0.15, 0.2) is 17.2 Å². The lowest BCUT2D eigenvalue weighted by atomic mass is 10.2. The summed E-state index contributed by atoms with van der Waals surface area (Å²) in [6.45, 7) is 1.70. The molecule has 2 rings (SSSR count). The Morgan fingerprint density at radius 3 is 2.88 bits per heavy atom. The number of rotatable bonds is 3. The molecule has 1 saturated heterocycles. The van der Waals surface area contributed by atoms with Gasteiger partial charge < -0.3 is 15.2 Å². The fourth-order valence-corrected chi connectivity index (χ4v) is 2.68. The van der Waals surface area contributed by atoms with Crippen LogP contribution in [-0.4, -0.2) is 30.6 Å². The van der Waals surface area contributed by atoms with Gasteiger partial charge in [-0.15, -0.1) is 11.8 Å². The van der Waals surface area contributed by atoms with Gasteiger partial charge in [0.05, 0.1) is 12.8 Å². The number of hydrogen-bond acceptors (Lipinski definition) is 5. The van der Waals surface area contributed by atoms with Crippen LogP contribution in [0.5, 0.6) is 5.88 Å². The zero-order valence-corrected chi connectivity index (χ0v) is 10.1. The SMILES string of the molecule is COc1nc(SC2CCOCC2)ccc1N. The van der Waals surface area contributed by atoms with Crippen molar-refractivity contribution in [3.05, 3.63) is 12.1 Å². The lowest BCUT2D eigenvalue weighted by Crippen LogP contribution is -2.17. The molecule has 2 heterocycles. The molecule has 0 atom stereocenters. The van der Waals surface area contributed by atoms with Crippen LogP contribution < -0.4 is 10.5 Å². The van der Waals surface area contributed by atoms with Crippen LogP contribution in [0.3, 0.4) is 0 Å². The van der Waals surface area contributed by atoms with E-state index in [1.54, 1.807) is 18.9 Å². The molecule has 4 nitrogen and oxygen atoms in total. The summed E-state index contributed by atoms with van der Waals surface area (Å²) in [5.41, 5.74) is 6.30. The molecule has 1 aliphatic rings. The standard InChI is InChI=1S/C11H16N2O2S/c1-14-11-9(12)2-3-10(13-11)16-8-4-6-15-7-5-8/h2-3,8H,4-7,12H2,1H3. The van der Waals surface area contributed by atoms with E-state index >= 15 is 0 Å². The molecule has 0 amide bonds. The maximum Gasteiger partial charge on any atom is 0.237 e. The molecule has 2 N–H and O–H groups in total. The van der Waals surface area contributed by atoms with Gasteiger partial charge in [0.25, 0.3) is 0 Å². The number of anilines is 1. The Hall–Kier alpha value is -0.940. The number of pyridine rings is 1. The summed E-state index contributed by atoms with van der Waals surface area (Å²) in [5, 5.41) is 1.56. The lowest BCUT2D eigenvalue weighted by Gasteiger charge is -2.21. The smallest absolute Gasteiger partial charge is 0.237 e. The van der Waals surface area contributed by atoms with Gasteiger partial charge >= 0.3 is 0 Å². The van der Waals surface area contributed by atoms with Gasteiger partial charge in [-0.1, -0.05) is 0 Å². The largest absolute Gasteiger partial charge is 0.480 e. The highest BCUT2D eigenvalue weighted by Gasteiger charge is 2.16. The lowest BCUT2D eigenvalue weighted by molar-refractivity contribution is 0.1000. The van der Waals surface area contributed by atoms with Crippen LogP contribution in [0.2, 0.25) is 0 Å². The highest BCUT2D eigenvalue weighted by atomic mass is 32.2. The summed E-state index contributed by atoms with van der Waals surface area (Å²) in [6.07, 6.45) is 2.16. The molecule has 0 radical (unpaired) electrons. The number of methoxy groups -OCH3 is 1. The fourth-order valence-electron chi connectivity index (χ4n) is 1.63. The third kappa shape index (κ3) is 2.80. The van der Waals surface area contributed by atoms with E-state index in [4.69, 9.17) is 15.2 Å². The molecule has 0 bridgehead atoms. The minimum Gasteiger partial charge on any atom is -0.480 e. The normalized spacial score (nSPS) is 17.3. The van der Waals surface area contributed by atoms with Crippen molar-refractivity contribution >= 4 is 17.4 Å². The molecule has 16 heavy (non-hydrogen) atoms. The Morgan fingerprint density at radius 1 is 1.44 bits per heavy atom. The van der Waals surface area contributed by atoms with E-state index in [1.165, 1.54) is 0 Å². The molecule has 1 aromatic heterocycles. The first-order chi connectivity index (χ1) is 7.79. The fraction of sp³-hybridized carbons (Fsp3) is 0.545. The van der Waals surface area contributed by atoms with Crippen molar-refractivity contribution in [1.29, 1.82) is 0 Å². The average Bonchev–Trinajstić information content (AvgIpc) is 2.33. The Kier molecular flexibility index (Phi) is 3.90. The van der Waals surface area contributed by atoms with Gasteiger partial charge in [0, 0.05) is 18.5 Å². The van der Waals surface area contributed by atoms with Crippen LogP contribution in [-0.2, 0) is 4.74 Å². The maximum absolute atomic E-state index is 5.72. The van der Waals surface area contributed by atoms with Crippen LogP contribution in [0.25, 0.3) is 0 Å². The van der Waals surface area contributed by atoms with Crippen molar-refractivity contribution in [3.63, 3.8) is 0 Å². The number of nitrogen functional groups attached to an aromatic ring is 1. The number of hydrogen-bond donors (Lipinski definition) is 1. The molecule has 0 saturated carbocycles. The van der Waals surface area contributed by atoms with Crippen LogP contribution in [0.4, 0.5) is 5.69 Å². The summed E-state index contributed by atoms with van der Waals surface area (Å²) >= 11 is 1.78. The highest BCUT2D eigenvalue weighted by molar-refractivity contribution is 7.99. The Balaban J connectivity index is 2.03. The van der Waals surface area contributed by atoms with Gasteiger partial charge in [-0.25, -0.2) is 4.98 Å². The molecule has 1 fully saturated rings. The van der Waals surface area contributed by atoms with Crippen molar-refractivity contribution in [2.45, 2.75) is 23.1 Å². The van der Waals surface area contributed by atoms with Crippen molar-refractivity contribution in [1.82, 2.24) is 4.98 Å². The molecule has 0 spiro atoms. The first kappa shape index (κ1) is 11.5. The van der Waals surface area contributed by atoms with Gasteiger partial charge in [0.15, 0.2) is 0 Å². The molecule has 88 valence electrons. The molecule has 0 aromatic carbocycles. The summed E-state index contributed by atoms with van der Waals surface area (Å²) < 4.78 is 10.4. The number of nitrogens with two attached hydrogens (primary N) is 1. The van der Waals surface area contributed by atoms with Crippen LogP contribution in [0.1, 0.15) is 12.8 Å². The third-order valence-electron chi connectivity index (χ3n) is 2.51. The van der Waals surface area contributed by atoms with Gasteiger partial charge in [-0.3, -0.25) is 0 Å². The van der Waals surface area contributed by atoms with Crippen LogP contribution >= 0.6 is 11.8 Å².